The molecule has 102 valence electrons. The summed E-state index contributed by atoms with van der Waals surface area (Å²) in [7, 11) is 0. The third-order valence-electron chi connectivity index (χ3n) is 3.42. The lowest BCUT2D eigenvalue weighted by Crippen LogP contribution is -2.42. The Labute approximate surface area is 112 Å². The number of nitrogens with two attached hydrogens (primary N) is 1. The Balaban J connectivity index is 2.28. The summed E-state index contributed by atoms with van der Waals surface area (Å²) < 4.78 is 5.11. The maximum atomic E-state index is 11.8. The number of aryl methyl sites for hydroxylation is 1. The zero-order valence-corrected chi connectivity index (χ0v) is 11.2. The average Bonchev–Trinajstić information content (AvgIpc) is 2.38. The van der Waals surface area contributed by atoms with E-state index in [1.807, 2.05) is 25.1 Å². The van der Waals surface area contributed by atoms with E-state index in [0.717, 1.165) is 16.8 Å². The molecule has 0 aromatic heterocycles. The number of primary amides is 1. The second-order valence-electron chi connectivity index (χ2n) is 4.77. The molecule has 1 aromatic rings. The molecule has 19 heavy (non-hydrogen) atoms. The van der Waals surface area contributed by atoms with Crippen LogP contribution in [0.25, 0.3) is 0 Å². The van der Waals surface area contributed by atoms with Gasteiger partial charge in [-0.25, -0.2) is 0 Å². The van der Waals surface area contributed by atoms with Crippen molar-refractivity contribution < 1.29 is 14.3 Å². The molecule has 5 heteroatoms. The van der Waals surface area contributed by atoms with Crippen molar-refractivity contribution in [1.82, 2.24) is 0 Å². The van der Waals surface area contributed by atoms with E-state index in [4.69, 9.17) is 10.5 Å². The molecule has 1 fully saturated rings. The third-order valence-corrected chi connectivity index (χ3v) is 3.42. The van der Waals surface area contributed by atoms with E-state index in [2.05, 4.69) is 0 Å². The number of carbonyl (C=O) groups is 2. The zero-order valence-electron chi connectivity index (χ0n) is 11.2. The molecule has 1 aliphatic rings. The Bertz CT molecular complexity index is 513. The Kier molecular flexibility index (Phi) is 3.85. The molecule has 2 amide bonds. The number of nitrogens with zero attached hydrogens (tertiary/aromatic N) is 1. The molecule has 0 bridgehead atoms. The molecule has 1 heterocycles. The topological polar surface area (TPSA) is 72.6 Å². The molecule has 1 unspecified atom stereocenters. The number of rotatable bonds is 3. The van der Waals surface area contributed by atoms with Gasteiger partial charge in [0.2, 0.25) is 5.91 Å². The van der Waals surface area contributed by atoms with Crippen LogP contribution in [0.4, 0.5) is 5.69 Å². The van der Waals surface area contributed by atoms with Crippen molar-refractivity contribution in [2.75, 3.05) is 24.7 Å². The first-order valence-corrected chi connectivity index (χ1v) is 6.28. The molecule has 0 saturated carbocycles. The SMILES string of the molecule is Cc1cc(C(C)C(N)=O)ccc1N1CCOCC1=O. The summed E-state index contributed by atoms with van der Waals surface area (Å²) in [5.41, 5.74) is 8.00. The molecular formula is C14H18N2O3. The van der Waals surface area contributed by atoms with Crippen molar-refractivity contribution in [3.63, 3.8) is 0 Å². The molecule has 1 saturated heterocycles. The van der Waals surface area contributed by atoms with Crippen LogP contribution < -0.4 is 10.6 Å². The highest BCUT2D eigenvalue weighted by atomic mass is 16.5. The van der Waals surface area contributed by atoms with Crippen molar-refractivity contribution in [2.45, 2.75) is 19.8 Å². The molecule has 0 aliphatic carbocycles. The summed E-state index contributed by atoms with van der Waals surface area (Å²) in [5.74, 6) is -0.715. The average molecular weight is 262 g/mol. The van der Waals surface area contributed by atoms with Crippen LogP contribution in [0.2, 0.25) is 0 Å². The Morgan fingerprint density at radius 3 is 2.79 bits per heavy atom. The zero-order chi connectivity index (χ0) is 14.0. The van der Waals surface area contributed by atoms with Gasteiger partial charge in [-0.05, 0) is 31.0 Å². The number of carbonyl (C=O) groups excluding carboxylic acids is 2. The second kappa shape index (κ2) is 5.40. The lowest BCUT2D eigenvalue weighted by atomic mass is 9.97. The van der Waals surface area contributed by atoms with Crippen LogP contribution in [-0.4, -0.2) is 31.6 Å². The van der Waals surface area contributed by atoms with Crippen LogP contribution in [0.15, 0.2) is 18.2 Å². The molecule has 5 nitrogen and oxygen atoms in total. The number of hydrogen-bond acceptors (Lipinski definition) is 3. The number of hydrogen-bond donors (Lipinski definition) is 1. The molecule has 1 aliphatic heterocycles. The van der Waals surface area contributed by atoms with Gasteiger partial charge >= 0.3 is 0 Å². The molecule has 0 radical (unpaired) electrons. The molecule has 0 spiro atoms. The van der Waals surface area contributed by atoms with Gasteiger partial charge in [-0.2, -0.15) is 0 Å². The first-order valence-electron chi connectivity index (χ1n) is 6.28. The lowest BCUT2D eigenvalue weighted by molar-refractivity contribution is -0.125. The molecular weight excluding hydrogens is 244 g/mol. The smallest absolute Gasteiger partial charge is 0.253 e. The van der Waals surface area contributed by atoms with Crippen LogP contribution in [0, 0.1) is 6.92 Å². The van der Waals surface area contributed by atoms with Gasteiger partial charge in [-0.1, -0.05) is 12.1 Å². The van der Waals surface area contributed by atoms with Crippen molar-refractivity contribution in [1.29, 1.82) is 0 Å². The summed E-state index contributed by atoms with van der Waals surface area (Å²) in [6.45, 7) is 4.93. The third kappa shape index (κ3) is 2.76. The van der Waals surface area contributed by atoms with E-state index in [1.165, 1.54) is 0 Å². The number of morpholine rings is 1. The van der Waals surface area contributed by atoms with Crippen molar-refractivity contribution in [3.05, 3.63) is 29.3 Å². The number of benzene rings is 1. The fraction of sp³-hybridized carbons (Fsp3) is 0.429. The highest BCUT2D eigenvalue weighted by Gasteiger charge is 2.22. The predicted octanol–water partition coefficient (Wildman–Crippen LogP) is 0.947. The normalized spacial score (nSPS) is 17.4. The minimum Gasteiger partial charge on any atom is -0.370 e. The van der Waals surface area contributed by atoms with Crippen molar-refractivity contribution in [2.24, 2.45) is 5.73 Å². The fourth-order valence-corrected chi connectivity index (χ4v) is 2.19. The summed E-state index contributed by atoms with van der Waals surface area (Å²) in [4.78, 5) is 24.7. The molecule has 1 aromatic carbocycles. The van der Waals surface area contributed by atoms with Crippen LogP contribution in [-0.2, 0) is 14.3 Å². The lowest BCUT2D eigenvalue weighted by Gasteiger charge is -2.28. The first kappa shape index (κ1) is 13.5. The highest BCUT2D eigenvalue weighted by Crippen LogP contribution is 2.26. The molecule has 2 rings (SSSR count). The van der Waals surface area contributed by atoms with Crippen LogP contribution in [0.5, 0.6) is 0 Å². The van der Waals surface area contributed by atoms with Crippen molar-refractivity contribution in [3.8, 4) is 0 Å². The van der Waals surface area contributed by atoms with E-state index in [1.54, 1.807) is 11.8 Å². The summed E-state index contributed by atoms with van der Waals surface area (Å²) >= 11 is 0. The van der Waals surface area contributed by atoms with E-state index < -0.39 is 0 Å². The van der Waals surface area contributed by atoms with Gasteiger partial charge in [0.05, 0.1) is 12.5 Å². The van der Waals surface area contributed by atoms with E-state index in [0.29, 0.717) is 13.2 Å². The van der Waals surface area contributed by atoms with Gasteiger partial charge in [-0.15, -0.1) is 0 Å². The summed E-state index contributed by atoms with van der Waals surface area (Å²) in [5, 5.41) is 0. The number of anilines is 1. The Morgan fingerprint density at radius 1 is 1.47 bits per heavy atom. The van der Waals surface area contributed by atoms with Crippen LogP contribution in [0.1, 0.15) is 24.0 Å². The Hall–Kier alpha value is -1.88. The predicted molar refractivity (Wildman–Crippen MR) is 72.0 cm³/mol. The van der Waals surface area contributed by atoms with Crippen molar-refractivity contribution >= 4 is 17.5 Å². The second-order valence-corrected chi connectivity index (χ2v) is 4.77. The monoisotopic (exact) mass is 262 g/mol. The largest absolute Gasteiger partial charge is 0.370 e. The highest BCUT2D eigenvalue weighted by molar-refractivity contribution is 5.95. The van der Waals surface area contributed by atoms with Gasteiger partial charge in [0, 0.05) is 12.2 Å². The summed E-state index contributed by atoms with van der Waals surface area (Å²) in [6.07, 6.45) is 0. The van der Waals surface area contributed by atoms with Gasteiger partial charge in [0.25, 0.3) is 5.91 Å². The van der Waals surface area contributed by atoms with Gasteiger partial charge in [0.1, 0.15) is 6.61 Å². The van der Waals surface area contributed by atoms with E-state index >= 15 is 0 Å². The van der Waals surface area contributed by atoms with Gasteiger partial charge in [0.15, 0.2) is 0 Å². The van der Waals surface area contributed by atoms with Gasteiger partial charge in [-0.3, -0.25) is 9.59 Å². The maximum absolute atomic E-state index is 11.8. The summed E-state index contributed by atoms with van der Waals surface area (Å²) in [6, 6.07) is 5.63. The van der Waals surface area contributed by atoms with Crippen LogP contribution >= 0.6 is 0 Å². The quantitative estimate of drug-likeness (QED) is 0.881. The first-order chi connectivity index (χ1) is 9.00. The minimum absolute atomic E-state index is 0.0370. The standard InChI is InChI=1S/C14H18N2O3/c1-9-7-11(10(2)14(15)18)3-4-12(9)16-5-6-19-8-13(16)17/h3-4,7,10H,5-6,8H2,1-2H3,(H2,15,18). The minimum atomic E-state index is -0.352. The Morgan fingerprint density at radius 2 is 2.21 bits per heavy atom. The fourth-order valence-electron chi connectivity index (χ4n) is 2.19. The number of ether oxygens (including phenoxy) is 1. The van der Waals surface area contributed by atoms with Crippen LogP contribution in [0.3, 0.4) is 0 Å². The number of amides is 2. The van der Waals surface area contributed by atoms with E-state index in [9.17, 15) is 9.59 Å². The molecule has 1 atom stereocenters. The molecule has 2 N–H and O–H groups in total. The van der Waals surface area contributed by atoms with E-state index in [-0.39, 0.29) is 24.3 Å². The maximum Gasteiger partial charge on any atom is 0.253 e. The van der Waals surface area contributed by atoms with Gasteiger partial charge < -0.3 is 15.4 Å².